The standard InChI is InChI=1S/C12H20N4O/c13-9-5-6-11(16-12(9)14)15-7-8-3-1-2-4-10(8)17/h5-6,8,10,17H,1-4,7,13H2,(H3,14,15,16). The van der Waals surface area contributed by atoms with Crippen LogP contribution in [-0.2, 0) is 0 Å². The van der Waals surface area contributed by atoms with Gasteiger partial charge in [-0.15, -0.1) is 0 Å². The number of pyridine rings is 1. The second-order valence-corrected chi connectivity index (χ2v) is 4.66. The van der Waals surface area contributed by atoms with Crippen LogP contribution < -0.4 is 16.8 Å². The lowest BCUT2D eigenvalue weighted by atomic mass is 9.86. The summed E-state index contributed by atoms with van der Waals surface area (Å²) in [6.45, 7) is 0.734. The van der Waals surface area contributed by atoms with Gasteiger partial charge < -0.3 is 21.9 Å². The minimum absolute atomic E-state index is 0.192. The van der Waals surface area contributed by atoms with Crippen molar-refractivity contribution < 1.29 is 5.11 Å². The van der Waals surface area contributed by atoms with E-state index in [0.29, 0.717) is 17.4 Å². The molecule has 94 valence electrons. The van der Waals surface area contributed by atoms with E-state index >= 15 is 0 Å². The number of rotatable bonds is 3. The monoisotopic (exact) mass is 236 g/mol. The Kier molecular flexibility index (Phi) is 3.68. The first kappa shape index (κ1) is 12.0. The van der Waals surface area contributed by atoms with Crippen molar-refractivity contribution in [3.63, 3.8) is 0 Å². The van der Waals surface area contributed by atoms with Gasteiger partial charge in [0.2, 0.25) is 0 Å². The van der Waals surface area contributed by atoms with E-state index in [0.717, 1.165) is 31.6 Å². The fourth-order valence-electron chi connectivity index (χ4n) is 2.25. The summed E-state index contributed by atoms with van der Waals surface area (Å²) in [7, 11) is 0. The molecule has 6 N–H and O–H groups in total. The molecule has 0 radical (unpaired) electrons. The predicted octanol–water partition coefficient (Wildman–Crippen LogP) is 1.21. The topological polar surface area (TPSA) is 97.2 Å². The maximum absolute atomic E-state index is 9.84. The third-order valence-corrected chi connectivity index (χ3v) is 3.37. The van der Waals surface area contributed by atoms with Gasteiger partial charge in [-0.05, 0) is 25.0 Å². The quantitative estimate of drug-likeness (QED) is 0.632. The maximum Gasteiger partial charge on any atom is 0.149 e. The third-order valence-electron chi connectivity index (χ3n) is 3.37. The minimum atomic E-state index is -0.192. The molecule has 5 heteroatoms. The van der Waals surface area contributed by atoms with Crippen LogP contribution in [0, 0.1) is 5.92 Å². The fraction of sp³-hybridized carbons (Fsp3) is 0.583. The molecule has 0 amide bonds. The number of nitrogens with one attached hydrogen (secondary N) is 1. The van der Waals surface area contributed by atoms with Crippen molar-refractivity contribution >= 4 is 17.3 Å². The SMILES string of the molecule is Nc1ccc(NCC2CCCCC2O)nc1N. The molecule has 1 aliphatic rings. The van der Waals surface area contributed by atoms with E-state index in [1.54, 1.807) is 12.1 Å². The molecule has 2 rings (SSSR count). The highest BCUT2D eigenvalue weighted by molar-refractivity contribution is 5.61. The Balaban J connectivity index is 1.90. The number of aliphatic hydroxyl groups excluding tert-OH is 1. The summed E-state index contributed by atoms with van der Waals surface area (Å²) < 4.78 is 0. The van der Waals surface area contributed by atoms with Crippen LogP contribution in [-0.4, -0.2) is 22.7 Å². The summed E-state index contributed by atoms with van der Waals surface area (Å²) in [6.07, 6.45) is 4.11. The zero-order valence-corrected chi connectivity index (χ0v) is 9.89. The molecule has 1 aliphatic carbocycles. The summed E-state index contributed by atoms with van der Waals surface area (Å²) in [4.78, 5) is 4.14. The Morgan fingerprint density at radius 1 is 1.29 bits per heavy atom. The van der Waals surface area contributed by atoms with Crippen LogP contribution in [0.1, 0.15) is 25.7 Å². The number of anilines is 3. The van der Waals surface area contributed by atoms with E-state index in [-0.39, 0.29) is 6.10 Å². The second-order valence-electron chi connectivity index (χ2n) is 4.66. The van der Waals surface area contributed by atoms with Crippen LogP contribution in [0.4, 0.5) is 17.3 Å². The number of nitrogens with zero attached hydrogens (tertiary/aromatic N) is 1. The smallest absolute Gasteiger partial charge is 0.149 e. The summed E-state index contributed by atoms with van der Waals surface area (Å²) in [5.41, 5.74) is 11.7. The van der Waals surface area contributed by atoms with E-state index in [2.05, 4.69) is 10.3 Å². The first-order valence-corrected chi connectivity index (χ1v) is 6.11. The van der Waals surface area contributed by atoms with Crippen LogP contribution in [0.5, 0.6) is 0 Å². The number of hydrogen-bond acceptors (Lipinski definition) is 5. The third kappa shape index (κ3) is 3.00. The summed E-state index contributed by atoms with van der Waals surface area (Å²) in [5, 5.41) is 13.0. The van der Waals surface area contributed by atoms with Gasteiger partial charge in [0.1, 0.15) is 11.6 Å². The van der Waals surface area contributed by atoms with E-state index in [4.69, 9.17) is 11.5 Å². The Labute approximate surface area is 101 Å². The van der Waals surface area contributed by atoms with Gasteiger partial charge in [-0.25, -0.2) is 4.98 Å². The predicted molar refractivity (Wildman–Crippen MR) is 69.5 cm³/mol. The molecule has 0 aliphatic heterocycles. The van der Waals surface area contributed by atoms with Crippen LogP contribution in [0.15, 0.2) is 12.1 Å². The van der Waals surface area contributed by atoms with E-state index < -0.39 is 0 Å². The van der Waals surface area contributed by atoms with Crippen LogP contribution in [0.2, 0.25) is 0 Å². The average Bonchev–Trinajstić information content (AvgIpc) is 2.32. The molecule has 2 atom stereocenters. The van der Waals surface area contributed by atoms with E-state index in [1.165, 1.54) is 6.42 Å². The first-order chi connectivity index (χ1) is 8.16. The van der Waals surface area contributed by atoms with Crippen molar-refractivity contribution in [2.24, 2.45) is 5.92 Å². The molecular formula is C12H20N4O. The lowest BCUT2D eigenvalue weighted by molar-refractivity contribution is 0.0763. The molecule has 0 spiro atoms. The van der Waals surface area contributed by atoms with Gasteiger partial charge in [-0.2, -0.15) is 0 Å². The largest absolute Gasteiger partial charge is 0.396 e. The lowest BCUT2D eigenvalue weighted by Crippen LogP contribution is -2.30. The van der Waals surface area contributed by atoms with Gasteiger partial charge in [-0.3, -0.25) is 0 Å². The molecule has 0 saturated heterocycles. The number of hydrogen-bond donors (Lipinski definition) is 4. The van der Waals surface area contributed by atoms with Crippen molar-refractivity contribution in [1.82, 2.24) is 4.98 Å². The Morgan fingerprint density at radius 3 is 2.76 bits per heavy atom. The second kappa shape index (κ2) is 5.23. The first-order valence-electron chi connectivity index (χ1n) is 6.11. The molecule has 1 aromatic heterocycles. The Morgan fingerprint density at radius 2 is 2.06 bits per heavy atom. The molecule has 0 bridgehead atoms. The molecule has 1 aromatic rings. The molecule has 0 aromatic carbocycles. The van der Waals surface area contributed by atoms with Gasteiger partial charge >= 0.3 is 0 Å². The maximum atomic E-state index is 9.84. The Hall–Kier alpha value is -1.49. The van der Waals surface area contributed by atoms with Crippen molar-refractivity contribution in [2.45, 2.75) is 31.8 Å². The van der Waals surface area contributed by atoms with E-state index in [1.807, 2.05) is 0 Å². The van der Waals surface area contributed by atoms with E-state index in [9.17, 15) is 5.11 Å². The molecule has 1 heterocycles. The number of nitrogens with two attached hydrogens (primary N) is 2. The van der Waals surface area contributed by atoms with Gasteiger partial charge in [0.05, 0.1) is 11.8 Å². The number of aromatic nitrogens is 1. The fourth-order valence-corrected chi connectivity index (χ4v) is 2.25. The molecule has 17 heavy (non-hydrogen) atoms. The molecule has 1 fully saturated rings. The number of nitrogen functional groups attached to an aromatic ring is 2. The van der Waals surface area contributed by atoms with Gasteiger partial charge in [0, 0.05) is 12.5 Å². The molecule has 1 saturated carbocycles. The normalized spacial score (nSPS) is 24.5. The van der Waals surface area contributed by atoms with Crippen LogP contribution in [0.3, 0.4) is 0 Å². The lowest BCUT2D eigenvalue weighted by Gasteiger charge is -2.27. The summed E-state index contributed by atoms with van der Waals surface area (Å²) in [5.74, 6) is 1.37. The zero-order valence-electron chi connectivity index (χ0n) is 9.89. The highest BCUT2D eigenvalue weighted by Crippen LogP contribution is 2.24. The van der Waals surface area contributed by atoms with Crippen molar-refractivity contribution in [1.29, 1.82) is 0 Å². The van der Waals surface area contributed by atoms with Crippen LogP contribution >= 0.6 is 0 Å². The molecule has 2 unspecified atom stereocenters. The van der Waals surface area contributed by atoms with Gasteiger partial charge in [0.15, 0.2) is 0 Å². The van der Waals surface area contributed by atoms with Gasteiger partial charge in [-0.1, -0.05) is 12.8 Å². The minimum Gasteiger partial charge on any atom is -0.396 e. The number of aliphatic hydroxyl groups is 1. The summed E-state index contributed by atoms with van der Waals surface area (Å²) >= 11 is 0. The van der Waals surface area contributed by atoms with Crippen LogP contribution in [0.25, 0.3) is 0 Å². The molecule has 5 nitrogen and oxygen atoms in total. The Bertz CT molecular complexity index is 383. The van der Waals surface area contributed by atoms with Gasteiger partial charge in [0.25, 0.3) is 0 Å². The zero-order chi connectivity index (χ0) is 12.3. The van der Waals surface area contributed by atoms with Crippen molar-refractivity contribution in [2.75, 3.05) is 23.3 Å². The highest BCUT2D eigenvalue weighted by atomic mass is 16.3. The highest BCUT2D eigenvalue weighted by Gasteiger charge is 2.22. The summed E-state index contributed by atoms with van der Waals surface area (Å²) in [6, 6.07) is 3.54. The van der Waals surface area contributed by atoms with Crippen molar-refractivity contribution in [3.05, 3.63) is 12.1 Å². The molecular weight excluding hydrogens is 216 g/mol. The van der Waals surface area contributed by atoms with Crippen molar-refractivity contribution in [3.8, 4) is 0 Å². The average molecular weight is 236 g/mol.